The van der Waals surface area contributed by atoms with Crippen molar-refractivity contribution in [3.05, 3.63) is 29.1 Å². The largest absolute Gasteiger partial charge is 0.391 e. The summed E-state index contributed by atoms with van der Waals surface area (Å²) in [7, 11) is 0. The summed E-state index contributed by atoms with van der Waals surface area (Å²) in [5, 5.41) is 38.5. The maximum Gasteiger partial charge on any atom is 0.226 e. The van der Waals surface area contributed by atoms with Crippen molar-refractivity contribution in [2.45, 2.75) is 69.3 Å². The Labute approximate surface area is 182 Å². The van der Waals surface area contributed by atoms with E-state index in [1.807, 2.05) is 6.92 Å². The third-order valence-corrected chi connectivity index (χ3v) is 6.10. The number of ether oxygens (including phenoxy) is 1. The van der Waals surface area contributed by atoms with Gasteiger partial charge in [-0.05, 0) is 37.3 Å². The Balaban J connectivity index is 1.47. The van der Waals surface area contributed by atoms with Crippen molar-refractivity contribution in [2.24, 2.45) is 0 Å². The number of rotatable bonds is 5. The molecule has 11 nitrogen and oxygen atoms in total. The standard InChI is InChI=1S/C19H23ClN6O5/c1-2-8-6-11(31-25-8)15-13(28)14(29)18(30-15)26-7-21-12-16(23-19(20)24-17(12)26)22-9-4-3-5-10(9)27/h6-7,9-10,13-15,18,27-29H,2-5H2,1H3,(H,22,23,24)/t9-,10-,13-,14+,15+,18+/m0/s1. The third kappa shape index (κ3) is 3.56. The Morgan fingerprint density at radius 2 is 2.06 bits per heavy atom. The van der Waals surface area contributed by atoms with Crippen molar-refractivity contribution < 1.29 is 24.6 Å². The van der Waals surface area contributed by atoms with E-state index in [1.165, 1.54) is 10.9 Å². The highest BCUT2D eigenvalue weighted by Crippen LogP contribution is 2.40. The molecular formula is C19H23ClN6O5. The second-order valence-electron chi connectivity index (χ2n) is 7.92. The molecule has 3 aromatic heterocycles. The molecule has 166 valence electrons. The number of hydrogen-bond acceptors (Lipinski definition) is 10. The van der Waals surface area contributed by atoms with Gasteiger partial charge >= 0.3 is 0 Å². The Morgan fingerprint density at radius 3 is 2.77 bits per heavy atom. The highest BCUT2D eigenvalue weighted by atomic mass is 35.5. The van der Waals surface area contributed by atoms with Crippen LogP contribution in [0, 0.1) is 0 Å². The van der Waals surface area contributed by atoms with E-state index in [1.54, 1.807) is 6.07 Å². The summed E-state index contributed by atoms with van der Waals surface area (Å²) in [6.07, 6.45) is -0.280. The molecule has 12 heteroatoms. The predicted molar refractivity (Wildman–Crippen MR) is 108 cm³/mol. The third-order valence-electron chi connectivity index (χ3n) is 5.93. The first-order valence-corrected chi connectivity index (χ1v) is 10.7. The van der Waals surface area contributed by atoms with Crippen molar-refractivity contribution in [1.82, 2.24) is 24.7 Å². The molecule has 2 aliphatic rings. The van der Waals surface area contributed by atoms with Crippen LogP contribution in [0.15, 0.2) is 16.9 Å². The zero-order valence-electron chi connectivity index (χ0n) is 16.7. The minimum absolute atomic E-state index is 0.0170. The number of nitrogens with one attached hydrogen (secondary N) is 1. The molecule has 3 aromatic rings. The van der Waals surface area contributed by atoms with Crippen LogP contribution < -0.4 is 5.32 Å². The molecule has 0 aromatic carbocycles. The SMILES string of the molecule is CCc1cc([C@H]2O[C@@H](n3cnc4c(N[C@H]5CCC[C@@H]5O)nc(Cl)nc43)[C@H](O)[C@@H]2O)on1. The number of imidazole rings is 1. The second kappa shape index (κ2) is 7.99. The van der Waals surface area contributed by atoms with E-state index in [0.29, 0.717) is 29.2 Å². The van der Waals surface area contributed by atoms with Gasteiger partial charge in [0.05, 0.1) is 24.2 Å². The van der Waals surface area contributed by atoms with E-state index in [9.17, 15) is 15.3 Å². The van der Waals surface area contributed by atoms with E-state index < -0.39 is 30.6 Å². The summed E-state index contributed by atoms with van der Waals surface area (Å²) in [6.45, 7) is 1.93. The molecule has 5 rings (SSSR count). The number of aliphatic hydroxyl groups is 3. The lowest BCUT2D eigenvalue weighted by Gasteiger charge is -2.18. The van der Waals surface area contributed by atoms with E-state index in [4.69, 9.17) is 20.9 Å². The van der Waals surface area contributed by atoms with Crippen LogP contribution in [0.3, 0.4) is 0 Å². The van der Waals surface area contributed by atoms with Crippen molar-refractivity contribution in [3.63, 3.8) is 0 Å². The van der Waals surface area contributed by atoms with Gasteiger partial charge in [0.15, 0.2) is 29.0 Å². The number of hydrogen-bond donors (Lipinski definition) is 4. The van der Waals surface area contributed by atoms with Crippen LogP contribution in [0.5, 0.6) is 0 Å². The lowest BCUT2D eigenvalue weighted by atomic mass is 10.1. The van der Waals surface area contributed by atoms with E-state index in [-0.39, 0.29) is 11.3 Å². The Kier molecular flexibility index (Phi) is 5.30. The molecular weight excluding hydrogens is 428 g/mol. The molecule has 6 atom stereocenters. The van der Waals surface area contributed by atoms with Gasteiger partial charge in [-0.15, -0.1) is 0 Å². The summed E-state index contributed by atoms with van der Waals surface area (Å²) in [5.41, 5.74) is 1.48. The first-order valence-electron chi connectivity index (χ1n) is 10.3. The number of aromatic nitrogens is 5. The first-order chi connectivity index (χ1) is 15.0. The van der Waals surface area contributed by atoms with Crippen LogP contribution in [0.4, 0.5) is 5.82 Å². The number of nitrogens with zero attached hydrogens (tertiary/aromatic N) is 5. The second-order valence-corrected chi connectivity index (χ2v) is 8.26. The van der Waals surface area contributed by atoms with E-state index in [2.05, 4.69) is 25.4 Å². The fraction of sp³-hybridized carbons (Fsp3) is 0.579. The average molecular weight is 451 g/mol. The van der Waals surface area contributed by atoms with Crippen molar-refractivity contribution >= 4 is 28.6 Å². The van der Waals surface area contributed by atoms with Gasteiger partial charge in [0, 0.05) is 6.07 Å². The number of anilines is 1. The molecule has 1 saturated carbocycles. The molecule has 1 aliphatic heterocycles. The normalized spacial score (nSPS) is 31.0. The molecule has 4 N–H and O–H groups in total. The quantitative estimate of drug-likeness (QED) is 0.419. The van der Waals surface area contributed by atoms with Crippen LogP contribution in [0.25, 0.3) is 11.2 Å². The van der Waals surface area contributed by atoms with Crippen molar-refractivity contribution in [3.8, 4) is 0 Å². The van der Waals surface area contributed by atoms with Gasteiger partial charge in [-0.1, -0.05) is 12.1 Å². The fourth-order valence-corrected chi connectivity index (χ4v) is 4.38. The number of aryl methyl sites for hydroxylation is 1. The number of aliphatic hydroxyl groups excluding tert-OH is 3. The van der Waals surface area contributed by atoms with Gasteiger partial charge in [0.2, 0.25) is 5.28 Å². The minimum atomic E-state index is -1.26. The zero-order chi connectivity index (χ0) is 21.7. The Hall–Kier alpha value is -2.31. The molecule has 4 heterocycles. The van der Waals surface area contributed by atoms with Crippen molar-refractivity contribution in [2.75, 3.05) is 5.32 Å². The highest BCUT2D eigenvalue weighted by molar-refractivity contribution is 6.28. The number of halogens is 1. The average Bonchev–Trinajstić information content (AvgIpc) is 3.52. The molecule has 1 saturated heterocycles. The maximum absolute atomic E-state index is 10.7. The van der Waals surface area contributed by atoms with Gasteiger partial charge in [-0.2, -0.15) is 9.97 Å². The molecule has 1 aliphatic carbocycles. The summed E-state index contributed by atoms with van der Waals surface area (Å²) in [6, 6.07) is 1.54. The van der Waals surface area contributed by atoms with Crippen LogP contribution >= 0.6 is 11.6 Å². The minimum Gasteiger partial charge on any atom is -0.391 e. The van der Waals surface area contributed by atoms with Gasteiger partial charge in [0.25, 0.3) is 0 Å². The highest BCUT2D eigenvalue weighted by Gasteiger charge is 2.47. The Morgan fingerprint density at radius 1 is 1.23 bits per heavy atom. The van der Waals surface area contributed by atoms with E-state index in [0.717, 1.165) is 25.0 Å². The smallest absolute Gasteiger partial charge is 0.226 e. The summed E-state index contributed by atoms with van der Waals surface area (Å²) >= 11 is 6.15. The lowest BCUT2D eigenvalue weighted by Crippen LogP contribution is -2.29. The van der Waals surface area contributed by atoms with Crippen LogP contribution in [0.1, 0.15) is 50.0 Å². The first kappa shape index (κ1) is 20.6. The van der Waals surface area contributed by atoms with Gasteiger partial charge in [0.1, 0.15) is 18.3 Å². The summed E-state index contributed by atoms with van der Waals surface area (Å²) < 4.78 is 12.7. The molecule has 0 radical (unpaired) electrons. The molecule has 0 spiro atoms. The maximum atomic E-state index is 10.7. The molecule has 2 fully saturated rings. The predicted octanol–water partition coefficient (Wildman–Crippen LogP) is 1.35. The van der Waals surface area contributed by atoms with Crippen molar-refractivity contribution in [1.29, 1.82) is 0 Å². The summed E-state index contributed by atoms with van der Waals surface area (Å²) in [4.78, 5) is 12.9. The van der Waals surface area contributed by atoms with Crippen LogP contribution in [0.2, 0.25) is 5.28 Å². The zero-order valence-corrected chi connectivity index (χ0v) is 17.5. The Bertz CT molecular complexity index is 1090. The molecule has 31 heavy (non-hydrogen) atoms. The van der Waals surface area contributed by atoms with Gasteiger partial charge in [-0.25, -0.2) is 4.98 Å². The molecule has 0 amide bonds. The fourth-order valence-electron chi connectivity index (χ4n) is 4.21. The topological polar surface area (TPSA) is 152 Å². The molecule has 0 bridgehead atoms. The number of fused-ring (bicyclic) bond motifs is 1. The van der Waals surface area contributed by atoms with Gasteiger partial charge < -0.3 is 29.9 Å². The van der Waals surface area contributed by atoms with E-state index >= 15 is 0 Å². The van der Waals surface area contributed by atoms with Crippen LogP contribution in [-0.4, -0.2) is 64.3 Å². The monoisotopic (exact) mass is 450 g/mol. The molecule has 0 unspecified atom stereocenters. The van der Waals surface area contributed by atoms with Gasteiger partial charge in [-0.3, -0.25) is 4.57 Å². The summed E-state index contributed by atoms with van der Waals surface area (Å²) in [5.74, 6) is 0.729. The lowest BCUT2D eigenvalue weighted by molar-refractivity contribution is -0.0434. The van der Waals surface area contributed by atoms with Crippen LogP contribution in [-0.2, 0) is 11.2 Å².